The fraction of sp³-hybridized carbons (Fsp3) is 0.895. The van der Waals surface area contributed by atoms with Gasteiger partial charge in [0.2, 0.25) is 11.8 Å². The molecule has 0 aromatic carbocycles. The van der Waals surface area contributed by atoms with Crippen LogP contribution in [0.25, 0.3) is 0 Å². The zero-order valence-electron chi connectivity index (χ0n) is 15.2. The maximum atomic E-state index is 12.6. The molecule has 3 aliphatic rings. The van der Waals surface area contributed by atoms with Gasteiger partial charge >= 0.3 is 0 Å². The van der Waals surface area contributed by atoms with Crippen molar-refractivity contribution in [3.63, 3.8) is 0 Å². The monoisotopic (exact) mass is 335 g/mol. The molecule has 0 radical (unpaired) electrons. The highest BCUT2D eigenvalue weighted by Gasteiger charge is 2.35. The van der Waals surface area contributed by atoms with Crippen molar-refractivity contribution in [2.45, 2.75) is 63.8 Å². The summed E-state index contributed by atoms with van der Waals surface area (Å²) in [5, 5.41) is 0. The van der Waals surface area contributed by atoms with E-state index in [1.165, 1.54) is 32.1 Å². The van der Waals surface area contributed by atoms with Crippen LogP contribution in [0.5, 0.6) is 0 Å². The predicted octanol–water partition coefficient (Wildman–Crippen LogP) is 2.11. The lowest BCUT2D eigenvalue weighted by molar-refractivity contribution is -0.138. The van der Waals surface area contributed by atoms with Crippen LogP contribution in [0.3, 0.4) is 0 Å². The number of hydrogen-bond donors (Lipinski definition) is 0. The van der Waals surface area contributed by atoms with E-state index in [-0.39, 0.29) is 11.8 Å². The molecule has 3 rings (SSSR count). The first kappa shape index (κ1) is 17.7. The van der Waals surface area contributed by atoms with Crippen LogP contribution in [-0.4, -0.2) is 72.3 Å². The smallest absolute Gasteiger partial charge is 0.222 e. The van der Waals surface area contributed by atoms with Crippen LogP contribution in [-0.2, 0) is 9.59 Å². The van der Waals surface area contributed by atoms with Gasteiger partial charge in [-0.3, -0.25) is 9.59 Å². The van der Waals surface area contributed by atoms with Crippen molar-refractivity contribution in [3.05, 3.63) is 0 Å². The van der Waals surface area contributed by atoms with Gasteiger partial charge in [0.1, 0.15) is 0 Å². The second kappa shape index (κ2) is 8.32. The lowest BCUT2D eigenvalue weighted by atomic mass is 9.78. The number of piperazine rings is 1. The molecule has 2 saturated heterocycles. The van der Waals surface area contributed by atoms with Gasteiger partial charge in [0.15, 0.2) is 0 Å². The van der Waals surface area contributed by atoms with E-state index in [0.29, 0.717) is 25.3 Å². The number of hydrogen-bond acceptors (Lipinski definition) is 3. The van der Waals surface area contributed by atoms with Crippen LogP contribution < -0.4 is 0 Å². The Kier molecular flexibility index (Phi) is 6.14. The van der Waals surface area contributed by atoms with Crippen molar-refractivity contribution in [3.8, 4) is 0 Å². The molecule has 0 bridgehead atoms. The highest BCUT2D eigenvalue weighted by molar-refractivity contribution is 5.79. The summed E-state index contributed by atoms with van der Waals surface area (Å²) in [6, 6.07) is 0.494. The topological polar surface area (TPSA) is 43.9 Å². The number of carbonyl (C=O) groups is 2. The Balaban J connectivity index is 1.41. The maximum absolute atomic E-state index is 12.6. The summed E-state index contributed by atoms with van der Waals surface area (Å²) < 4.78 is 0. The minimum atomic E-state index is 0.227. The van der Waals surface area contributed by atoms with Gasteiger partial charge in [0.25, 0.3) is 0 Å². The number of amides is 2. The number of nitrogens with zero attached hydrogens (tertiary/aromatic N) is 3. The first-order valence-corrected chi connectivity index (χ1v) is 9.91. The Labute approximate surface area is 146 Å². The first-order chi connectivity index (χ1) is 11.6. The Hall–Kier alpha value is -1.10. The molecular weight excluding hydrogens is 302 g/mol. The van der Waals surface area contributed by atoms with E-state index in [1.54, 1.807) is 0 Å². The zero-order chi connectivity index (χ0) is 16.9. The summed E-state index contributed by atoms with van der Waals surface area (Å²) in [6.07, 6.45) is 9.34. The highest BCUT2D eigenvalue weighted by Crippen LogP contribution is 2.35. The summed E-state index contributed by atoms with van der Waals surface area (Å²) in [7, 11) is 2.09. The number of fused-ring (bicyclic) bond motifs is 1. The Morgan fingerprint density at radius 3 is 2.29 bits per heavy atom. The third-order valence-corrected chi connectivity index (χ3v) is 6.20. The normalized spacial score (nSPS) is 28.5. The van der Waals surface area contributed by atoms with E-state index in [9.17, 15) is 9.59 Å². The number of rotatable bonds is 4. The van der Waals surface area contributed by atoms with Gasteiger partial charge in [-0.15, -0.1) is 0 Å². The third-order valence-electron chi connectivity index (χ3n) is 6.20. The average molecular weight is 335 g/mol. The van der Waals surface area contributed by atoms with Crippen LogP contribution in [0.4, 0.5) is 0 Å². The third kappa shape index (κ3) is 4.29. The summed E-state index contributed by atoms with van der Waals surface area (Å²) in [4.78, 5) is 31.3. The molecule has 2 unspecified atom stereocenters. The standard InChI is InChI=1S/C19H33N3O2/c1-20-12-14-21(15-13-20)18(23)9-4-10-19(24)22-11-5-7-16-6-2-3-8-17(16)22/h16-17H,2-15H2,1H3. The van der Waals surface area contributed by atoms with Gasteiger partial charge in [-0.05, 0) is 45.1 Å². The second-order valence-corrected chi connectivity index (χ2v) is 7.88. The molecule has 2 amide bonds. The van der Waals surface area contributed by atoms with E-state index in [4.69, 9.17) is 0 Å². The summed E-state index contributed by atoms with van der Waals surface area (Å²) in [5.41, 5.74) is 0. The fourth-order valence-corrected chi connectivity index (χ4v) is 4.68. The molecule has 0 N–H and O–H groups in total. The minimum Gasteiger partial charge on any atom is -0.340 e. The van der Waals surface area contributed by atoms with Gasteiger partial charge in [0, 0.05) is 51.6 Å². The molecule has 2 heterocycles. The SMILES string of the molecule is CN1CCN(C(=O)CCCC(=O)N2CCCC3CCCCC32)CC1. The number of likely N-dealkylation sites (N-methyl/N-ethyl adjacent to an activating group) is 1. The minimum absolute atomic E-state index is 0.227. The van der Waals surface area contributed by atoms with Crippen LogP contribution in [0.15, 0.2) is 0 Å². The molecule has 24 heavy (non-hydrogen) atoms. The molecule has 0 spiro atoms. The molecule has 3 fully saturated rings. The quantitative estimate of drug-likeness (QED) is 0.790. The molecule has 2 aliphatic heterocycles. The fourth-order valence-electron chi connectivity index (χ4n) is 4.68. The average Bonchev–Trinajstić information content (AvgIpc) is 2.61. The van der Waals surface area contributed by atoms with Gasteiger partial charge < -0.3 is 14.7 Å². The van der Waals surface area contributed by atoms with Gasteiger partial charge in [-0.25, -0.2) is 0 Å². The van der Waals surface area contributed by atoms with E-state index in [2.05, 4.69) is 16.8 Å². The van der Waals surface area contributed by atoms with Gasteiger partial charge in [0.05, 0.1) is 0 Å². The second-order valence-electron chi connectivity index (χ2n) is 7.88. The summed E-state index contributed by atoms with van der Waals surface area (Å²) in [5.74, 6) is 1.26. The number of likely N-dealkylation sites (tertiary alicyclic amines) is 1. The molecule has 1 aliphatic carbocycles. The van der Waals surface area contributed by atoms with Crippen LogP contribution >= 0.6 is 0 Å². The van der Waals surface area contributed by atoms with E-state index < -0.39 is 0 Å². The molecule has 136 valence electrons. The Morgan fingerprint density at radius 1 is 0.833 bits per heavy atom. The molecule has 2 atom stereocenters. The lowest BCUT2D eigenvalue weighted by Crippen LogP contribution is -2.49. The van der Waals surface area contributed by atoms with Gasteiger partial charge in [-0.2, -0.15) is 0 Å². The summed E-state index contributed by atoms with van der Waals surface area (Å²) in [6.45, 7) is 4.52. The van der Waals surface area contributed by atoms with E-state index in [1.807, 2.05) is 4.90 Å². The van der Waals surface area contributed by atoms with Crippen molar-refractivity contribution in [2.24, 2.45) is 5.92 Å². The maximum Gasteiger partial charge on any atom is 0.222 e. The molecule has 5 heteroatoms. The van der Waals surface area contributed by atoms with Crippen molar-refractivity contribution in [1.82, 2.24) is 14.7 Å². The van der Waals surface area contributed by atoms with Crippen molar-refractivity contribution < 1.29 is 9.59 Å². The molecule has 1 saturated carbocycles. The molecular formula is C19H33N3O2. The van der Waals surface area contributed by atoms with Crippen LogP contribution in [0.2, 0.25) is 0 Å². The van der Waals surface area contributed by atoms with Gasteiger partial charge in [-0.1, -0.05) is 12.8 Å². The molecule has 0 aromatic heterocycles. The highest BCUT2D eigenvalue weighted by atomic mass is 16.2. The zero-order valence-corrected chi connectivity index (χ0v) is 15.2. The van der Waals surface area contributed by atoms with Crippen LogP contribution in [0, 0.1) is 5.92 Å². The van der Waals surface area contributed by atoms with Crippen LogP contribution in [0.1, 0.15) is 57.8 Å². The molecule has 0 aromatic rings. The van der Waals surface area contributed by atoms with E-state index >= 15 is 0 Å². The number of carbonyl (C=O) groups excluding carboxylic acids is 2. The van der Waals surface area contributed by atoms with Crippen molar-refractivity contribution in [2.75, 3.05) is 39.8 Å². The lowest BCUT2D eigenvalue weighted by Gasteiger charge is -2.44. The van der Waals surface area contributed by atoms with E-state index in [0.717, 1.165) is 45.1 Å². The predicted molar refractivity (Wildman–Crippen MR) is 94.6 cm³/mol. The largest absolute Gasteiger partial charge is 0.340 e. The number of piperidine rings is 1. The van der Waals surface area contributed by atoms with Crippen molar-refractivity contribution >= 4 is 11.8 Å². The first-order valence-electron chi connectivity index (χ1n) is 9.91. The Morgan fingerprint density at radius 2 is 1.50 bits per heavy atom. The Bertz CT molecular complexity index is 444. The summed E-state index contributed by atoms with van der Waals surface area (Å²) >= 11 is 0. The van der Waals surface area contributed by atoms with Crippen molar-refractivity contribution in [1.29, 1.82) is 0 Å². The molecule has 5 nitrogen and oxygen atoms in total.